The lowest BCUT2D eigenvalue weighted by Gasteiger charge is -2.38. The Morgan fingerprint density at radius 3 is 2.00 bits per heavy atom. The van der Waals surface area contributed by atoms with E-state index in [1.165, 1.54) is 75.3 Å². The largest absolute Gasteiger partial charge is 0.496 e. The van der Waals surface area contributed by atoms with Crippen LogP contribution in [0, 0.1) is 31.6 Å². The molecule has 0 aromatic heterocycles. The first-order valence-corrected chi connectivity index (χ1v) is 10.8. The Morgan fingerprint density at radius 2 is 1.44 bits per heavy atom. The van der Waals surface area contributed by atoms with Crippen molar-refractivity contribution in [2.75, 3.05) is 7.11 Å². The first kappa shape index (κ1) is 18.8. The highest BCUT2D eigenvalue weighted by atomic mass is 16.5. The van der Waals surface area contributed by atoms with E-state index in [2.05, 4.69) is 32.9 Å². The summed E-state index contributed by atoms with van der Waals surface area (Å²) >= 11 is 0. The molecule has 2 aliphatic carbocycles. The van der Waals surface area contributed by atoms with Crippen molar-refractivity contribution in [3.05, 3.63) is 28.8 Å². The number of hydrogen-bond donors (Lipinski definition) is 0. The smallest absolute Gasteiger partial charge is 0.122 e. The predicted octanol–water partition coefficient (Wildman–Crippen LogP) is 7.19. The van der Waals surface area contributed by atoms with Gasteiger partial charge in [0.1, 0.15) is 5.75 Å². The molecule has 1 nitrogen and oxygen atoms in total. The summed E-state index contributed by atoms with van der Waals surface area (Å²) in [7, 11) is 1.78. The third-order valence-electron chi connectivity index (χ3n) is 7.47. The lowest BCUT2D eigenvalue weighted by Crippen LogP contribution is -2.25. The van der Waals surface area contributed by atoms with Gasteiger partial charge in [-0.2, -0.15) is 0 Å². The van der Waals surface area contributed by atoms with E-state index in [4.69, 9.17) is 4.74 Å². The average Bonchev–Trinajstić information content (AvgIpc) is 2.65. The average molecular weight is 343 g/mol. The summed E-state index contributed by atoms with van der Waals surface area (Å²) in [6, 6.07) is 4.51. The molecule has 0 unspecified atom stereocenters. The molecule has 2 saturated carbocycles. The maximum Gasteiger partial charge on any atom is 0.122 e. The summed E-state index contributed by atoms with van der Waals surface area (Å²) in [5, 5.41) is 0. The molecule has 25 heavy (non-hydrogen) atoms. The van der Waals surface area contributed by atoms with Crippen molar-refractivity contribution in [1.29, 1.82) is 0 Å². The fourth-order valence-electron chi connectivity index (χ4n) is 5.74. The van der Waals surface area contributed by atoms with Crippen LogP contribution in [0.4, 0.5) is 0 Å². The second-order valence-electron chi connectivity index (χ2n) is 8.79. The number of ether oxygens (including phenoxy) is 1. The van der Waals surface area contributed by atoms with Crippen LogP contribution < -0.4 is 4.74 Å². The Kier molecular flexibility index (Phi) is 6.47. The fourth-order valence-corrected chi connectivity index (χ4v) is 5.74. The molecule has 0 spiro atoms. The minimum Gasteiger partial charge on any atom is -0.496 e. The SMILES string of the molecule is CCCC1CCC(C2CCC(c3ccc(OC)c(C)c3C)CC2)CC1. The minimum absolute atomic E-state index is 0.775. The van der Waals surface area contributed by atoms with Crippen LogP contribution in [0.25, 0.3) is 0 Å². The Hall–Kier alpha value is -0.980. The highest BCUT2D eigenvalue weighted by molar-refractivity contribution is 5.45. The predicted molar refractivity (Wildman–Crippen MR) is 108 cm³/mol. The topological polar surface area (TPSA) is 9.23 Å². The van der Waals surface area contributed by atoms with E-state index >= 15 is 0 Å². The molecule has 1 aromatic rings. The van der Waals surface area contributed by atoms with Crippen molar-refractivity contribution >= 4 is 0 Å². The molecule has 2 fully saturated rings. The van der Waals surface area contributed by atoms with Gasteiger partial charge >= 0.3 is 0 Å². The zero-order valence-electron chi connectivity index (χ0n) is 16.9. The molecule has 1 aromatic carbocycles. The van der Waals surface area contributed by atoms with Crippen LogP contribution in [-0.2, 0) is 0 Å². The first-order chi connectivity index (χ1) is 12.1. The molecule has 0 N–H and O–H groups in total. The van der Waals surface area contributed by atoms with Crippen LogP contribution >= 0.6 is 0 Å². The van der Waals surface area contributed by atoms with Crippen molar-refractivity contribution in [3.8, 4) is 5.75 Å². The number of hydrogen-bond acceptors (Lipinski definition) is 1. The van der Waals surface area contributed by atoms with Gasteiger partial charge in [0, 0.05) is 0 Å². The third-order valence-corrected chi connectivity index (χ3v) is 7.47. The van der Waals surface area contributed by atoms with Crippen LogP contribution in [0.15, 0.2) is 12.1 Å². The van der Waals surface area contributed by atoms with Crippen molar-refractivity contribution in [2.45, 2.75) is 90.9 Å². The molecule has 3 rings (SSSR count). The molecule has 0 saturated heterocycles. The summed E-state index contributed by atoms with van der Waals surface area (Å²) in [6.07, 6.45) is 14.6. The lowest BCUT2D eigenvalue weighted by atomic mass is 9.67. The molecular formula is C24H38O. The standard InChI is InChI=1S/C24H38O/c1-5-6-19-7-9-20(10-8-19)21-11-13-22(14-12-21)23-15-16-24(25-4)18(3)17(23)2/h15-16,19-22H,5-14H2,1-4H3. The third kappa shape index (κ3) is 4.23. The second-order valence-corrected chi connectivity index (χ2v) is 8.79. The van der Waals surface area contributed by atoms with Gasteiger partial charge in [-0.3, -0.25) is 0 Å². The number of methoxy groups -OCH3 is 1. The molecule has 1 heteroatoms. The van der Waals surface area contributed by atoms with E-state index in [-0.39, 0.29) is 0 Å². The summed E-state index contributed by atoms with van der Waals surface area (Å²) in [6.45, 7) is 6.84. The molecule has 2 aliphatic rings. The summed E-state index contributed by atoms with van der Waals surface area (Å²) in [5.74, 6) is 4.91. The van der Waals surface area contributed by atoms with E-state index in [1.54, 1.807) is 12.7 Å². The number of rotatable bonds is 5. The molecular weight excluding hydrogens is 304 g/mol. The first-order valence-electron chi connectivity index (χ1n) is 10.8. The maximum atomic E-state index is 5.49. The van der Waals surface area contributed by atoms with Crippen LogP contribution in [0.3, 0.4) is 0 Å². The summed E-state index contributed by atoms with van der Waals surface area (Å²) in [5.41, 5.74) is 4.38. The van der Waals surface area contributed by atoms with Gasteiger partial charge in [-0.05, 0) is 98.8 Å². The van der Waals surface area contributed by atoms with Crippen molar-refractivity contribution in [2.24, 2.45) is 17.8 Å². The van der Waals surface area contributed by atoms with Crippen molar-refractivity contribution < 1.29 is 4.74 Å². The highest BCUT2D eigenvalue weighted by Crippen LogP contribution is 2.45. The fraction of sp³-hybridized carbons (Fsp3) is 0.750. The molecule has 0 radical (unpaired) electrons. The van der Waals surface area contributed by atoms with Gasteiger partial charge in [0.05, 0.1) is 7.11 Å². The van der Waals surface area contributed by atoms with Gasteiger partial charge in [-0.15, -0.1) is 0 Å². The molecule has 140 valence electrons. The molecule has 0 heterocycles. The van der Waals surface area contributed by atoms with Gasteiger partial charge < -0.3 is 4.74 Å². The normalized spacial score (nSPS) is 30.2. The monoisotopic (exact) mass is 342 g/mol. The molecule has 0 amide bonds. The van der Waals surface area contributed by atoms with Crippen molar-refractivity contribution in [1.82, 2.24) is 0 Å². The Bertz CT molecular complexity index is 545. The van der Waals surface area contributed by atoms with Crippen LogP contribution in [-0.4, -0.2) is 7.11 Å². The van der Waals surface area contributed by atoms with Gasteiger partial charge in [-0.1, -0.05) is 38.7 Å². The molecule has 0 atom stereocenters. The molecule has 0 bridgehead atoms. The van der Waals surface area contributed by atoms with E-state index < -0.39 is 0 Å². The molecule has 0 aliphatic heterocycles. The maximum absolute atomic E-state index is 5.49. The van der Waals surface area contributed by atoms with E-state index in [1.807, 2.05) is 0 Å². The van der Waals surface area contributed by atoms with Gasteiger partial charge in [0.15, 0.2) is 0 Å². The van der Waals surface area contributed by atoms with E-state index in [0.717, 1.165) is 29.4 Å². The highest BCUT2D eigenvalue weighted by Gasteiger charge is 2.31. The van der Waals surface area contributed by atoms with Gasteiger partial charge in [-0.25, -0.2) is 0 Å². The zero-order chi connectivity index (χ0) is 17.8. The minimum atomic E-state index is 0.775. The lowest BCUT2D eigenvalue weighted by molar-refractivity contribution is 0.156. The Balaban J connectivity index is 1.55. The Labute approximate surface area is 155 Å². The second kappa shape index (κ2) is 8.60. The number of benzene rings is 1. The van der Waals surface area contributed by atoms with Crippen LogP contribution in [0.1, 0.15) is 93.7 Å². The van der Waals surface area contributed by atoms with Crippen LogP contribution in [0.5, 0.6) is 5.75 Å². The van der Waals surface area contributed by atoms with Gasteiger partial charge in [0.25, 0.3) is 0 Å². The Morgan fingerprint density at radius 1 is 0.840 bits per heavy atom. The summed E-state index contributed by atoms with van der Waals surface area (Å²) in [4.78, 5) is 0. The van der Waals surface area contributed by atoms with Crippen LogP contribution in [0.2, 0.25) is 0 Å². The zero-order valence-corrected chi connectivity index (χ0v) is 16.9. The quantitative estimate of drug-likeness (QED) is 0.550. The van der Waals surface area contributed by atoms with Gasteiger partial charge in [0.2, 0.25) is 0 Å². The van der Waals surface area contributed by atoms with E-state index in [0.29, 0.717) is 0 Å². The van der Waals surface area contributed by atoms with Crippen molar-refractivity contribution in [3.63, 3.8) is 0 Å². The summed E-state index contributed by atoms with van der Waals surface area (Å²) < 4.78 is 5.49. The van der Waals surface area contributed by atoms with E-state index in [9.17, 15) is 0 Å².